The summed E-state index contributed by atoms with van der Waals surface area (Å²) in [4.78, 5) is 4.51. The van der Waals surface area contributed by atoms with E-state index >= 15 is 0 Å². The third kappa shape index (κ3) is 4.00. The lowest BCUT2D eigenvalue weighted by Crippen LogP contribution is -2.20. The van der Waals surface area contributed by atoms with Gasteiger partial charge < -0.3 is 10.1 Å². The summed E-state index contributed by atoms with van der Waals surface area (Å²) in [6.07, 6.45) is 2.82. The summed E-state index contributed by atoms with van der Waals surface area (Å²) in [6, 6.07) is 6.71. The molecule has 1 aliphatic carbocycles. The zero-order valence-electron chi connectivity index (χ0n) is 10.9. The molecule has 0 aliphatic heterocycles. The minimum Gasteiger partial charge on any atom is -0.474 e. The minimum atomic E-state index is 0.203. The Morgan fingerprint density at radius 3 is 2.76 bits per heavy atom. The third-order valence-electron chi connectivity index (χ3n) is 3.18. The highest BCUT2D eigenvalue weighted by atomic mass is 16.5. The van der Waals surface area contributed by atoms with Crippen LogP contribution in [0.5, 0.6) is 5.88 Å². The highest BCUT2D eigenvalue weighted by molar-refractivity contribution is 5.16. The van der Waals surface area contributed by atoms with Crippen LogP contribution in [-0.4, -0.2) is 17.1 Å². The molecule has 1 aliphatic rings. The summed E-state index contributed by atoms with van der Waals surface area (Å²) < 4.78 is 5.80. The zero-order chi connectivity index (χ0) is 12.3. The van der Waals surface area contributed by atoms with Crippen LogP contribution >= 0.6 is 0 Å². The molecule has 3 nitrogen and oxygen atoms in total. The van der Waals surface area contributed by atoms with Gasteiger partial charge in [0, 0.05) is 18.7 Å². The van der Waals surface area contributed by atoms with Crippen molar-refractivity contribution in [2.75, 3.05) is 0 Å². The van der Waals surface area contributed by atoms with Gasteiger partial charge in [0.15, 0.2) is 0 Å². The maximum absolute atomic E-state index is 5.80. The number of ether oxygens (including phenoxy) is 1. The van der Waals surface area contributed by atoms with Crippen LogP contribution in [0.1, 0.15) is 39.3 Å². The first-order chi connectivity index (χ1) is 8.15. The van der Waals surface area contributed by atoms with E-state index in [2.05, 4.69) is 31.1 Å². The number of nitrogens with one attached hydrogen (secondary N) is 1. The van der Waals surface area contributed by atoms with Gasteiger partial charge >= 0.3 is 0 Å². The Hall–Kier alpha value is -1.09. The van der Waals surface area contributed by atoms with Gasteiger partial charge in [-0.2, -0.15) is 0 Å². The molecule has 17 heavy (non-hydrogen) atoms. The first-order valence-electron chi connectivity index (χ1n) is 6.51. The lowest BCUT2D eigenvalue weighted by molar-refractivity contribution is 0.163. The van der Waals surface area contributed by atoms with Gasteiger partial charge in [-0.1, -0.05) is 19.9 Å². The lowest BCUT2D eigenvalue weighted by atomic mass is 10.1. The van der Waals surface area contributed by atoms with Crippen LogP contribution in [0, 0.1) is 5.92 Å². The monoisotopic (exact) mass is 234 g/mol. The van der Waals surface area contributed by atoms with Crippen molar-refractivity contribution >= 4 is 0 Å². The summed E-state index contributed by atoms with van der Waals surface area (Å²) >= 11 is 0. The molecule has 0 saturated heterocycles. The maximum Gasteiger partial charge on any atom is 0.213 e. The van der Waals surface area contributed by atoms with Crippen molar-refractivity contribution in [1.82, 2.24) is 10.3 Å². The summed E-state index contributed by atoms with van der Waals surface area (Å²) in [6.45, 7) is 7.24. The fourth-order valence-corrected chi connectivity index (χ4v) is 1.48. The van der Waals surface area contributed by atoms with Crippen molar-refractivity contribution in [3.8, 4) is 5.88 Å². The summed E-state index contributed by atoms with van der Waals surface area (Å²) in [5.41, 5.74) is 1.06. The Bertz CT molecular complexity index is 361. The molecule has 0 amide bonds. The highest BCUT2D eigenvalue weighted by Crippen LogP contribution is 2.19. The van der Waals surface area contributed by atoms with Crippen LogP contribution in [0.25, 0.3) is 0 Å². The molecule has 3 heteroatoms. The molecular weight excluding hydrogens is 212 g/mol. The molecule has 1 fully saturated rings. The van der Waals surface area contributed by atoms with Crippen LogP contribution in [0.4, 0.5) is 0 Å². The molecule has 94 valence electrons. The highest BCUT2D eigenvalue weighted by Gasteiger charge is 2.20. The Morgan fingerprint density at radius 1 is 1.35 bits per heavy atom. The van der Waals surface area contributed by atoms with E-state index in [9.17, 15) is 0 Å². The van der Waals surface area contributed by atoms with Crippen molar-refractivity contribution in [2.45, 2.75) is 52.3 Å². The molecule has 1 atom stereocenters. The molecule has 0 aromatic carbocycles. The fraction of sp³-hybridized carbons (Fsp3) is 0.643. The third-order valence-corrected chi connectivity index (χ3v) is 3.18. The van der Waals surface area contributed by atoms with Crippen LogP contribution in [0.3, 0.4) is 0 Å². The van der Waals surface area contributed by atoms with Gasteiger partial charge in [-0.05, 0) is 31.7 Å². The van der Waals surface area contributed by atoms with E-state index in [4.69, 9.17) is 4.74 Å². The van der Waals surface area contributed by atoms with E-state index in [0.717, 1.165) is 24.2 Å². The van der Waals surface area contributed by atoms with E-state index in [1.54, 1.807) is 0 Å². The fourth-order valence-electron chi connectivity index (χ4n) is 1.48. The van der Waals surface area contributed by atoms with Gasteiger partial charge in [-0.25, -0.2) is 4.98 Å². The average molecular weight is 234 g/mol. The van der Waals surface area contributed by atoms with Gasteiger partial charge in [-0.15, -0.1) is 0 Å². The number of pyridine rings is 1. The second-order valence-electron chi connectivity index (χ2n) is 5.19. The van der Waals surface area contributed by atoms with Crippen molar-refractivity contribution in [3.63, 3.8) is 0 Å². The van der Waals surface area contributed by atoms with Crippen LogP contribution < -0.4 is 10.1 Å². The van der Waals surface area contributed by atoms with Crippen molar-refractivity contribution in [1.29, 1.82) is 0 Å². The van der Waals surface area contributed by atoms with Gasteiger partial charge in [0.05, 0.1) is 11.8 Å². The molecule has 1 unspecified atom stereocenters. The van der Waals surface area contributed by atoms with Crippen LogP contribution in [0.2, 0.25) is 0 Å². The Balaban J connectivity index is 1.90. The second-order valence-corrected chi connectivity index (χ2v) is 5.19. The molecule has 1 N–H and O–H groups in total. The number of nitrogens with zero attached hydrogens (tertiary/aromatic N) is 1. The first-order valence-corrected chi connectivity index (χ1v) is 6.51. The largest absolute Gasteiger partial charge is 0.474 e. The predicted octanol–water partition coefficient (Wildman–Crippen LogP) is 2.76. The van der Waals surface area contributed by atoms with E-state index in [-0.39, 0.29) is 6.10 Å². The predicted molar refractivity (Wildman–Crippen MR) is 69.0 cm³/mol. The molecule has 0 bridgehead atoms. The molecule has 1 aromatic heterocycles. The summed E-state index contributed by atoms with van der Waals surface area (Å²) in [7, 11) is 0. The molecule has 0 radical (unpaired) electrons. The molecular formula is C14H22N2O. The summed E-state index contributed by atoms with van der Waals surface area (Å²) in [5, 5.41) is 3.46. The molecule has 1 aromatic rings. The number of rotatable bonds is 6. The number of hydrogen-bond acceptors (Lipinski definition) is 3. The van der Waals surface area contributed by atoms with Crippen molar-refractivity contribution in [3.05, 3.63) is 23.9 Å². The molecule has 0 spiro atoms. The number of aromatic nitrogens is 1. The topological polar surface area (TPSA) is 34.1 Å². The quantitative estimate of drug-likeness (QED) is 0.822. The Morgan fingerprint density at radius 2 is 2.12 bits per heavy atom. The van der Waals surface area contributed by atoms with Gasteiger partial charge in [-0.3, -0.25) is 0 Å². The van der Waals surface area contributed by atoms with E-state index < -0.39 is 0 Å². The second kappa shape index (κ2) is 5.50. The van der Waals surface area contributed by atoms with Crippen molar-refractivity contribution < 1.29 is 4.74 Å². The first kappa shape index (κ1) is 12.4. The van der Waals surface area contributed by atoms with Gasteiger partial charge in [0.1, 0.15) is 0 Å². The van der Waals surface area contributed by atoms with Gasteiger partial charge in [0.25, 0.3) is 0 Å². The minimum absolute atomic E-state index is 0.203. The van der Waals surface area contributed by atoms with Crippen LogP contribution in [-0.2, 0) is 6.54 Å². The van der Waals surface area contributed by atoms with Crippen LogP contribution in [0.15, 0.2) is 18.2 Å². The smallest absolute Gasteiger partial charge is 0.213 e. The molecule has 1 heterocycles. The van der Waals surface area contributed by atoms with Crippen molar-refractivity contribution in [2.24, 2.45) is 5.92 Å². The molecule has 2 rings (SSSR count). The lowest BCUT2D eigenvalue weighted by Gasteiger charge is -2.17. The maximum atomic E-state index is 5.80. The van der Waals surface area contributed by atoms with Gasteiger partial charge in [0.2, 0.25) is 5.88 Å². The van der Waals surface area contributed by atoms with E-state index in [0.29, 0.717) is 5.92 Å². The Labute approximate surface area is 104 Å². The number of hydrogen-bond donors (Lipinski definition) is 1. The SMILES string of the molecule is CC(C)C(C)Oc1cccc(CNC2CC2)n1. The van der Waals surface area contributed by atoms with E-state index in [1.165, 1.54) is 12.8 Å². The Kier molecular flexibility index (Phi) is 4.00. The summed E-state index contributed by atoms with van der Waals surface area (Å²) in [5.74, 6) is 1.24. The normalized spacial score (nSPS) is 17.2. The standard InChI is InChI=1S/C14H22N2O/c1-10(2)11(3)17-14-6-4-5-13(16-14)9-15-12-7-8-12/h4-6,10-12,15H,7-9H2,1-3H3. The zero-order valence-corrected chi connectivity index (χ0v) is 10.9. The average Bonchev–Trinajstić information content (AvgIpc) is 3.10. The van der Waals surface area contributed by atoms with E-state index in [1.807, 2.05) is 18.2 Å². The molecule has 1 saturated carbocycles.